The standard InChI is InChI=1S/C18H24FN5O2S/c1-11(22-17(25)16(8-9-27-3)23-18(20)26)15-10-21-24(12(15)2)14-6-4-13(19)5-7-14/h4-7,10-11,16H,8-9H2,1-3H3,(H,22,25)(H3,20,23,26). The Balaban J connectivity index is 2.12. The van der Waals surface area contributed by atoms with Crippen molar-refractivity contribution < 1.29 is 14.0 Å². The van der Waals surface area contributed by atoms with Crippen LogP contribution in [0, 0.1) is 12.7 Å². The van der Waals surface area contributed by atoms with E-state index in [1.54, 1.807) is 34.8 Å². The van der Waals surface area contributed by atoms with Crippen LogP contribution < -0.4 is 16.4 Å². The number of rotatable bonds is 8. The number of carbonyl (C=O) groups is 2. The summed E-state index contributed by atoms with van der Waals surface area (Å²) in [5.74, 6) is 0.0980. The van der Waals surface area contributed by atoms with Crippen LogP contribution in [-0.4, -0.2) is 39.8 Å². The molecule has 27 heavy (non-hydrogen) atoms. The predicted molar refractivity (Wildman–Crippen MR) is 104 cm³/mol. The van der Waals surface area contributed by atoms with Crippen LogP contribution in [0.25, 0.3) is 5.69 Å². The minimum atomic E-state index is -0.732. The Hall–Kier alpha value is -2.55. The molecule has 0 aliphatic rings. The zero-order valence-corrected chi connectivity index (χ0v) is 16.3. The molecule has 1 heterocycles. The van der Waals surface area contributed by atoms with E-state index in [2.05, 4.69) is 15.7 Å². The van der Waals surface area contributed by atoms with Crippen molar-refractivity contribution in [3.63, 3.8) is 0 Å². The van der Waals surface area contributed by atoms with Crippen molar-refractivity contribution >= 4 is 23.7 Å². The van der Waals surface area contributed by atoms with Gasteiger partial charge in [0.15, 0.2) is 0 Å². The molecule has 1 aromatic carbocycles. The lowest BCUT2D eigenvalue weighted by atomic mass is 10.1. The highest BCUT2D eigenvalue weighted by Crippen LogP contribution is 2.20. The van der Waals surface area contributed by atoms with E-state index in [0.29, 0.717) is 12.2 Å². The number of thioether (sulfide) groups is 1. The van der Waals surface area contributed by atoms with Crippen LogP contribution in [-0.2, 0) is 4.79 Å². The van der Waals surface area contributed by atoms with Gasteiger partial charge >= 0.3 is 6.03 Å². The van der Waals surface area contributed by atoms with Crippen LogP contribution >= 0.6 is 11.8 Å². The first kappa shape index (κ1) is 20.8. The van der Waals surface area contributed by atoms with E-state index in [-0.39, 0.29) is 17.8 Å². The molecule has 3 amide bonds. The smallest absolute Gasteiger partial charge is 0.312 e. The van der Waals surface area contributed by atoms with Crippen LogP contribution in [0.1, 0.15) is 30.6 Å². The number of aromatic nitrogens is 2. The van der Waals surface area contributed by atoms with Gasteiger partial charge in [0.05, 0.1) is 17.9 Å². The zero-order valence-electron chi connectivity index (χ0n) is 15.5. The third kappa shape index (κ3) is 5.46. The Kier molecular flexibility index (Phi) is 7.23. The van der Waals surface area contributed by atoms with Gasteiger partial charge in [-0.1, -0.05) is 0 Å². The minimum absolute atomic E-state index is 0.302. The second kappa shape index (κ2) is 9.40. The maximum absolute atomic E-state index is 13.1. The van der Waals surface area contributed by atoms with Crippen LogP contribution in [0.15, 0.2) is 30.5 Å². The summed E-state index contributed by atoms with van der Waals surface area (Å²) < 4.78 is 14.8. The molecule has 146 valence electrons. The minimum Gasteiger partial charge on any atom is -0.352 e. The normalized spacial score (nSPS) is 13.0. The third-order valence-electron chi connectivity index (χ3n) is 4.19. The largest absolute Gasteiger partial charge is 0.352 e. The zero-order chi connectivity index (χ0) is 20.0. The molecule has 2 unspecified atom stereocenters. The average Bonchev–Trinajstić information content (AvgIpc) is 3.00. The number of halogens is 1. The van der Waals surface area contributed by atoms with Crippen molar-refractivity contribution in [1.82, 2.24) is 20.4 Å². The maximum Gasteiger partial charge on any atom is 0.312 e. The predicted octanol–water partition coefficient (Wildman–Crippen LogP) is 2.29. The van der Waals surface area contributed by atoms with E-state index in [9.17, 15) is 14.0 Å². The van der Waals surface area contributed by atoms with Gasteiger partial charge < -0.3 is 16.4 Å². The monoisotopic (exact) mass is 393 g/mol. The SMILES string of the molecule is CSCCC(NC(N)=O)C(=O)NC(C)c1cnn(-c2ccc(F)cc2)c1C. The number of nitrogens with one attached hydrogen (secondary N) is 2. The summed E-state index contributed by atoms with van der Waals surface area (Å²) in [5.41, 5.74) is 7.56. The summed E-state index contributed by atoms with van der Waals surface area (Å²) >= 11 is 1.58. The van der Waals surface area contributed by atoms with Crippen molar-refractivity contribution in [1.29, 1.82) is 0 Å². The van der Waals surface area contributed by atoms with Crippen molar-refractivity contribution in [2.24, 2.45) is 5.73 Å². The van der Waals surface area contributed by atoms with E-state index in [0.717, 1.165) is 16.9 Å². The van der Waals surface area contributed by atoms with Gasteiger partial charge in [0.2, 0.25) is 5.91 Å². The van der Waals surface area contributed by atoms with Crippen LogP contribution in [0.3, 0.4) is 0 Å². The number of nitrogens with zero attached hydrogens (tertiary/aromatic N) is 2. The lowest BCUT2D eigenvalue weighted by Gasteiger charge is -2.20. The summed E-state index contributed by atoms with van der Waals surface area (Å²) in [6, 6.07) is 4.27. The summed E-state index contributed by atoms with van der Waals surface area (Å²) in [5, 5.41) is 9.71. The number of carbonyl (C=O) groups excluding carboxylic acids is 2. The topological polar surface area (TPSA) is 102 Å². The Bertz CT molecular complexity index is 794. The van der Waals surface area contributed by atoms with Gasteiger partial charge in [0, 0.05) is 11.3 Å². The second-order valence-electron chi connectivity index (χ2n) is 6.15. The van der Waals surface area contributed by atoms with E-state index in [4.69, 9.17) is 5.73 Å². The van der Waals surface area contributed by atoms with Gasteiger partial charge in [0.1, 0.15) is 11.9 Å². The molecular formula is C18H24FN5O2S. The molecule has 0 aliphatic carbocycles. The first-order chi connectivity index (χ1) is 12.8. The van der Waals surface area contributed by atoms with Gasteiger partial charge in [0.25, 0.3) is 0 Å². The van der Waals surface area contributed by atoms with Gasteiger partial charge in [-0.25, -0.2) is 13.9 Å². The molecule has 1 aromatic heterocycles. The molecule has 0 fully saturated rings. The number of urea groups is 1. The Morgan fingerprint density at radius 3 is 2.56 bits per heavy atom. The number of amides is 3. The highest BCUT2D eigenvalue weighted by Gasteiger charge is 2.23. The maximum atomic E-state index is 13.1. The van der Waals surface area contributed by atoms with E-state index < -0.39 is 12.1 Å². The number of hydrogen-bond acceptors (Lipinski definition) is 4. The fourth-order valence-corrected chi connectivity index (χ4v) is 3.23. The van der Waals surface area contributed by atoms with Crippen LogP contribution in [0.4, 0.5) is 9.18 Å². The molecule has 0 saturated carbocycles. The number of hydrogen-bond donors (Lipinski definition) is 3. The van der Waals surface area contributed by atoms with Gasteiger partial charge in [-0.15, -0.1) is 0 Å². The van der Waals surface area contributed by atoms with Crippen molar-refractivity contribution in [2.45, 2.75) is 32.4 Å². The van der Waals surface area contributed by atoms with E-state index in [1.165, 1.54) is 12.1 Å². The quantitative estimate of drug-likeness (QED) is 0.640. The molecule has 4 N–H and O–H groups in total. The highest BCUT2D eigenvalue weighted by molar-refractivity contribution is 7.98. The molecule has 0 bridgehead atoms. The lowest BCUT2D eigenvalue weighted by Crippen LogP contribution is -2.49. The molecular weight excluding hydrogens is 369 g/mol. The summed E-state index contributed by atoms with van der Waals surface area (Å²) in [6.45, 7) is 3.72. The van der Waals surface area contributed by atoms with Crippen molar-refractivity contribution in [3.05, 3.63) is 47.5 Å². The summed E-state index contributed by atoms with van der Waals surface area (Å²) in [6.07, 6.45) is 4.08. The molecule has 2 atom stereocenters. The van der Waals surface area contributed by atoms with Crippen LogP contribution in [0.2, 0.25) is 0 Å². The van der Waals surface area contributed by atoms with E-state index >= 15 is 0 Å². The van der Waals surface area contributed by atoms with E-state index in [1.807, 2.05) is 20.1 Å². The molecule has 0 spiro atoms. The lowest BCUT2D eigenvalue weighted by molar-refractivity contribution is -0.123. The Morgan fingerprint density at radius 2 is 1.96 bits per heavy atom. The van der Waals surface area contributed by atoms with Crippen molar-refractivity contribution in [3.8, 4) is 5.69 Å². The average molecular weight is 393 g/mol. The molecule has 7 nitrogen and oxygen atoms in total. The summed E-state index contributed by atoms with van der Waals surface area (Å²) in [4.78, 5) is 23.7. The highest BCUT2D eigenvalue weighted by atomic mass is 32.2. The Morgan fingerprint density at radius 1 is 1.30 bits per heavy atom. The fraction of sp³-hybridized carbons (Fsp3) is 0.389. The number of primary amides is 1. The first-order valence-corrected chi connectivity index (χ1v) is 9.88. The third-order valence-corrected chi connectivity index (χ3v) is 4.83. The number of nitrogens with two attached hydrogens (primary N) is 1. The summed E-state index contributed by atoms with van der Waals surface area (Å²) in [7, 11) is 0. The first-order valence-electron chi connectivity index (χ1n) is 8.49. The molecule has 0 radical (unpaired) electrons. The van der Waals surface area contributed by atoms with Gasteiger partial charge in [-0.3, -0.25) is 4.79 Å². The fourth-order valence-electron chi connectivity index (χ4n) is 2.76. The molecule has 0 aliphatic heterocycles. The van der Waals surface area contributed by atoms with Gasteiger partial charge in [-0.05, 0) is 56.5 Å². The van der Waals surface area contributed by atoms with Gasteiger partial charge in [-0.2, -0.15) is 16.9 Å². The second-order valence-corrected chi connectivity index (χ2v) is 7.13. The molecule has 9 heteroatoms. The number of benzene rings is 1. The molecule has 2 rings (SSSR count). The van der Waals surface area contributed by atoms with Crippen LogP contribution in [0.5, 0.6) is 0 Å². The molecule has 0 saturated heterocycles. The molecule has 2 aromatic rings. The Labute approximate surface area is 161 Å². The van der Waals surface area contributed by atoms with Crippen molar-refractivity contribution in [2.75, 3.05) is 12.0 Å².